The van der Waals surface area contributed by atoms with Gasteiger partial charge in [-0.05, 0) is 0 Å². The van der Waals surface area contributed by atoms with E-state index in [0.717, 1.165) is 45.8 Å². The molecule has 0 unspecified atom stereocenters. The van der Waals surface area contributed by atoms with Crippen molar-refractivity contribution in [2.45, 2.75) is 54.8 Å². The van der Waals surface area contributed by atoms with Crippen molar-refractivity contribution in [3.8, 4) is 0 Å². The Morgan fingerprint density at radius 2 is 1.55 bits per heavy atom. The van der Waals surface area contributed by atoms with Gasteiger partial charge in [-0.15, -0.1) is 0 Å². The molecule has 0 aliphatic carbocycles. The first-order chi connectivity index (χ1) is 13.9. The quantitative estimate of drug-likeness (QED) is 0.281. The molecule has 2 rings (SSSR count). The zero-order valence-corrected chi connectivity index (χ0v) is 22.1. The summed E-state index contributed by atoms with van der Waals surface area (Å²) < 4.78 is 7.69. The number of rotatable bonds is 11. The molecule has 3 nitrogen and oxygen atoms in total. The van der Waals surface area contributed by atoms with Gasteiger partial charge in [-0.1, -0.05) is 0 Å². The van der Waals surface area contributed by atoms with Crippen molar-refractivity contribution in [1.29, 1.82) is 0 Å². The monoisotopic (exact) mass is 563 g/mol. The Morgan fingerprint density at radius 3 is 2.14 bits per heavy atom. The second-order valence-electron chi connectivity index (χ2n) is 7.12. The summed E-state index contributed by atoms with van der Waals surface area (Å²) in [5.41, 5.74) is 2.22. The molecule has 2 aromatic carbocycles. The standard InChI is InChI=1S/C14H11Cl2NO2.2C4H9.ClH.Sn/c15-10-5-3-6-11(16)14(10)17-12-7-2-1-4-9(12)8-13(18)19;2*1-3-4-2;;/h1-7,17H,8H2,(H,18,19);2*1,3-4H2,2H3;1H;/q;;;;+2/p-2. The van der Waals surface area contributed by atoms with E-state index >= 15 is 0 Å². The predicted octanol–water partition coefficient (Wildman–Crippen LogP) is 8.10. The molecule has 0 saturated carbocycles. The minimum atomic E-state index is -3.39. The molecule has 29 heavy (non-hydrogen) atoms. The van der Waals surface area contributed by atoms with E-state index in [2.05, 4.69) is 19.2 Å². The van der Waals surface area contributed by atoms with Crippen LogP contribution in [0.4, 0.5) is 11.4 Å². The van der Waals surface area contributed by atoms with Gasteiger partial charge in [0.25, 0.3) is 0 Å². The van der Waals surface area contributed by atoms with Gasteiger partial charge in [0.15, 0.2) is 0 Å². The summed E-state index contributed by atoms with van der Waals surface area (Å²) in [6.07, 6.45) is 4.30. The molecule has 0 bridgehead atoms. The van der Waals surface area contributed by atoms with E-state index < -0.39 is 17.7 Å². The fourth-order valence-electron chi connectivity index (χ4n) is 3.05. The molecule has 0 aliphatic rings. The van der Waals surface area contributed by atoms with Crippen molar-refractivity contribution in [3.63, 3.8) is 0 Å². The molecule has 0 radical (unpaired) electrons. The fraction of sp³-hybridized carbons (Fsp3) is 0.409. The number of hydrogen-bond acceptors (Lipinski definition) is 3. The van der Waals surface area contributed by atoms with Gasteiger partial charge in [0.05, 0.1) is 0 Å². The van der Waals surface area contributed by atoms with Crippen LogP contribution in [-0.4, -0.2) is 23.6 Å². The molecular formula is C22H28Cl3NO2Sn. The van der Waals surface area contributed by atoms with Crippen LogP contribution in [0.15, 0.2) is 42.5 Å². The Labute approximate surface area is 192 Å². The zero-order chi connectivity index (χ0) is 21.3. The third-order valence-electron chi connectivity index (χ3n) is 4.68. The van der Waals surface area contributed by atoms with Gasteiger partial charge in [-0.3, -0.25) is 0 Å². The molecule has 0 amide bonds. The Balaban J connectivity index is 2.14. The van der Waals surface area contributed by atoms with Gasteiger partial charge < -0.3 is 0 Å². The summed E-state index contributed by atoms with van der Waals surface area (Å²) in [5.74, 6) is -0.248. The van der Waals surface area contributed by atoms with Gasteiger partial charge >= 0.3 is 193 Å². The van der Waals surface area contributed by atoms with Crippen LogP contribution in [0.2, 0.25) is 18.9 Å². The van der Waals surface area contributed by atoms with Gasteiger partial charge in [0.1, 0.15) is 0 Å². The Kier molecular flexibility index (Phi) is 10.4. The average molecular weight is 564 g/mol. The molecule has 7 heteroatoms. The molecular weight excluding hydrogens is 535 g/mol. The fourth-order valence-corrected chi connectivity index (χ4v) is 13.6. The molecule has 0 aromatic heterocycles. The third-order valence-corrected chi connectivity index (χ3v) is 16.3. The maximum absolute atomic E-state index is 12.8. The number of halogens is 3. The normalized spacial score (nSPS) is 11.3. The van der Waals surface area contributed by atoms with Crippen LogP contribution >= 0.6 is 32.1 Å². The van der Waals surface area contributed by atoms with Crippen molar-refractivity contribution in [2.24, 2.45) is 0 Å². The third kappa shape index (κ3) is 7.86. The molecule has 0 spiro atoms. The number of para-hydroxylation sites is 2. The summed E-state index contributed by atoms with van der Waals surface area (Å²) in [7, 11) is 6.89. The molecule has 1 N–H and O–H groups in total. The summed E-state index contributed by atoms with van der Waals surface area (Å²) in [6.45, 7) is 4.26. The zero-order valence-electron chi connectivity index (χ0n) is 16.9. The van der Waals surface area contributed by atoms with Crippen LogP contribution in [0.1, 0.15) is 45.1 Å². The number of hydrogen-bond donors (Lipinski definition) is 1. The van der Waals surface area contributed by atoms with Crippen molar-refractivity contribution < 1.29 is 7.87 Å². The first-order valence-corrected chi connectivity index (χ1v) is 19.7. The van der Waals surface area contributed by atoms with Crippen molar-refractivity contribution in [1.82, 2.24) is 0 Å². The summed E-state index contributed by atoms with van der Waals surface area (Å²) >= 11 is 9.16. The second-order valence-corrected chi connectivity index (χ2v) is 21.0. The SMILES string of the molecule is CCC[CH2][Sn]([Cl])([CH2]CCC)[O]C(=O)Cc1ccccc1Nc1c(Cl)cccc1Cl. The predicted molar refractivity (Wildman–Crippen MR) is 127 cm³/mol. The van der Waals surface area contributed by atoms with E-state index in [0.29, 0.717) is 15.7 Å². The number of carbonyl (C=O) groups excluding carboxylic acids is 1. The molecule has 0 aliphatic heterocycles. The van der Waals surface area contributed by atoms with Crippen LogP contribution in [0.5, 0.6) is 0 Å². The second kappa shape index (κ2) is 12.3. The van der Waals surface area contributed by atoms with E-state index in [-0.39, 0.29) is 12.4 Å². The van der Waals surface area contributed by atoms with Crippen molar-refractivity contribution >= 4 is 67.1 Å². The van der Waals surface area contributed by atoms with E-state index in [1.54, 1.807) is 18.2 Å². The molecule has 2 aromatic rings. The number of unbranched alkanes of at least 4 members (excludes halogenated alkanes) is 2. The van der Waals surface area contributed by atoms with E-state index in [1.807, 2.05) is 24.3 Å². The summed E-state index contributed by atoms with van der Waals surface area (Å²) in [4.78, 5) is 12.8. The number of nitrogens with one attached hydrogen (secondary N) is 1. The maximum atomic E-state index is 12.8. The van der Waals surface area contributed by atoms with Crippen LogP contribution in [0, 0.1) is 0 Å². The first kappa shape index (κ1) is 24.6. The Morgan fingerprint density at radius 1 is 0.966 bits per heavy atom. The van der Waals surface area contributed by atoms with E-state index in [1.165, 1.54) is 0 Å². The van der Waals surface area contributed by atoms with Gasteiger partial charge in [0.2, 0.25) is 0 Å². The van der Waals surface area contributed by atoms with Crippen molar-refractivity contribution in [2.75, 3.05) is 5.32 Å². The van der Waals surface area contributed by atoms with Gasteiger partial charge in [-0.25, -0.2) is 0 Å². The Hall–Kier alpha value is -0.621. The average Bonchev–Trinajstić information content (AvgIpc) is 2.69. The van der Waals surface area contributed by atoms with Crippen molar-refractivity contribution in [3.05, 3.63) is 58.1 Å². The molecule has 0 saturated heterocycles. The Bertz CT molecular complexity index is 788. The molecule has 0 fully saturated rings. The topological polar surface area (TPSA) is 38.3 Å². The van der Waals surface area contributed by atoms with Crippen LogP contribution in [-0.2, 0) is 14.3 Å². The number of anilines is 2. The minimum absolute atomic E-state index is 0.162. The molecule has 0 heterocycles. The van der Waals surface area contributed by atoms with Gasteiger partial charge in [-0.2, -0.15) is 0 Å². The number of carbonyl (C=O) groups is 1. The molecule has 158 valence electrons. The number of benzene rings is 2. The summed E-state index contributed by atoms with van der Waals surface area (Å²) in [6, 6.07) is 12.9. The first-order valence-electron chi connectivity index (χ1n) is 10.1. The van der Waals surface area contributed by atoms with Crippen LogP contribution < -0.4 is 5.32 Å². The van der Waals surface area contributed by atoms with Crippen LogP contribution in [0.3, 0.4) is 0 Å². The molecule has 0 atom stereocenters. The van der Waals surface area contributed by atoms with E-state index in [4.69, 9.17) is 35.2 Å². The van der Waals surface area contributed by atoms with Crippen LogP contribution in [0.25, 0.3) is 0 Å². The van der Waals surface area contributed by atoms with E-state index in [9.17, 15) is 4.79 Å². The summed E-state index contributed by atoms with van der Waals surface area (Å²) in [5, 5.41) is 4.30. The van der Waals surface area contributed by atoms with Gasteiger partial charge in [0, 0.05) is 0 Å².